The van der Waals surface area contributed by atoms with Crippen molar-refractivity contribution in [2.24, 2.45) is 5.92 Å². The Balaban J connectivity index is 1.99. The summed E-state index contributed by atoms with van der Waals surface area (Å²) in [5, 5.41) is 11.9. The van der Waals surface area contributed by atoms with Crippen LogP contribution in [-0.2, 0) is 0 Å². The monoisotopic (exact) mass is 312 g/mol. The maximum absolute atomic E-state index is 12.0. The van der Waals surface area contributed by atoms with Crippen LogP contribution in [0.25, 0.3) is 0 Å². The zero-order valence-corrected chi connectivity index (χ0v) is 11.9. The van der Waals surface area contributed by atoms with Gasteiger partial charge < -0.3 is 15.3 Å². The Hall–Kier alpha value is -1.07. The van der Waals surface area contributed by atoms with Gasteiger partial charge in [-0.2, -0.15) is 0 Å². The summed E-state index contributed by atoms with van der Waals surface area (Å²) in [6, 6.07) is 5.71. The van der Waals surface area contributed by atoms with Gasteiger partial charge in [0.25, 0.3) is 0 Å². The molecule has 0 saturated carbocycles. The predicted octanol–water partition coefficient (Wildman–Crippen LogP) is 2.60. The van der Waals surface area contributed by atoms with E-state index in [2.05, 4.69) is 21.2 Å². The minimum atomic E-state index is -0.101. The molecule has 1 aromatic rings. The number of carbonyl (C=O) groups excluding carboxylic acids is 1. The molecule has 1 aliphatic rings. The molecule has 1 saturated heterocycles. The molecule has 1 fully saturated rings. The van der Waals surface area contributed by atoms with Crippen molar-refractivity contribution < 1.29 is 9.90 Å². The zero-order chi connectivity index (χ0) is 13.1. The molecule has 1 atom stereocenters. The van der Waals surface area contributed by atoms with Crippen LogP contribution in [0.4, 0.5) is 10.5 Å². The van der Waals surface area contributed by atoms with E-state index in [1.165, 1.54) is 0 Å². The molecule has 1 aromatic carbocycles. The summed E-state index contributed by atoms with van der Waals surface area (Å²) in [6.45, 7) is 3.49. The lowest BCUT2D eigenvalue weighted by Gasteiger charge is -2.17. The molecule has 5 heteroatoms. The Morgan fingerprint density at radius 3 is 3.00 bits per heavy atom. The number of anilines is 1. The fraction of sp³-hybridized carbons (Fsp3) is 0.462. The molecule has 0 aromatic heterocycles. The second kappa shape index (κ2) is 5.71. The number of aliphatic hydroxyl groups is 1. The van der Waals surface area contributed by atoms with E-state index in [0.717, 1.165) is 22.1 Å². The second-order valence-electron chi connectivity index (χ2n) is 4.70. The zero-order valence-electron chi connectivity index (χ0n) is 10.3. The van der Waals surface area contributed by atoms with E-state index >= 15 is 0 Å². The summed E-state index contributed by atoms with van der Waals surface area (Å²) in [7, 11) is 0. The van der Waals surface area contributed by atoms with Crippen LogP contribution in [0.1, 0.15) is 12.0 Å². The highest BCUT2D eigenvalue weighted by atomic mass is 79.9. The number of benzene rings is 1. The number of nitrogens with zero attached hydrogens (tertiary/aromatic N) is 1. The van der Waals surface area contributed by atoms with E-state index in [1.807, 2.05) is 25.1 Å². The molecule has 0 bridgehead atoms. The quantitative estimate of drug-likeness (QED) is 0.882. The number of halogens is 1. The fourth-order valence-electron chi connectivity index (χ4n) is 2.08. The fourth-order valence-corrected chi connectivity index (χ4v) is 2.67. The van der Waals surface area contributed by atoms with E-state index in [-0.39, 0.29) is 18.6 Å². The predicted molar refractivity (Wildman–Crippen MR) is 74.7 cm³/mol. The van der Waals surface area contributed by atoms with Crippen molar-refractivity contribution in [2.45, 2.75) is 13.3 Å². The summed E-state index contributed by atoms with van der Waals surface area (Å²) >= 11 is 3.44. The van der Waals surface area contributed by atoms with Gasteiger partial charge in [-0.05, 0) is 47.0 Å². The Bertz CT molecular complexity index is 451. The van der Waals surface area contributed by atoms with Crippen molar-refractivity contribution >= 4 is 27.6 Å². The minimum absolute atomic E-state index is 0.101. The van der Waals surface area contributed by atoms with E-state index < -0.39 is 0 Å². The summed E-state index contributed by atoms with van der Waals surface area (Å²) in [5.41, 5.74) is 1.92. The standard InChI is InChI=1S/C13H17BrN2O2/c1-9-2-3-12(11(14)6-9)15-13(18)16-5-4-10(7-16)8-17/h2-3,6,10,17H,4-5,7-8H2,1H3,(H,15,18). The van der Waals surface area contributed by atoms with Crippen molar-refractivity contribution in [2.75, 3.05) is 25.0 Å². The third-order valence-corrected chi connectivity index (χ3v) is 3.85. The maximum atomic E-state index is 12.0. The van der Waals surface area contributed by atoms with Gasteiger partial charge in [0.05, 0.1) is 5.69 Å². The Morgan fingerprint density at radius 1 is 1.61 bits per heavy atom. The first-order valence-electron chi connectivity index (χ1n) is 6.03. The van der Waals surface area contributed by atoms with E-state index in [4.69, 9.17) is 5.11 Å². The average Bonchev–Trinajstić information content (AvgIpc) is 2.81. The first-order chi connectivity index (χ1) is 8.60. The number of likely N-dealkylation sites (tertiary alicyclic amines) is 1. The molecule has 0 spiro atoms. The van der Waals surface area contributed by atoms with Crippen LogP contribution < -0.4 is 5.32 Å². The molecule has 1 aliphatic heterocycles. The molecule has 98 valence electrons. The SMILES string of the molecule is Cc1ccc(NC(=O)N2CCC(CO)C2)c(Br)c1. The summed E-state index contributed by atoms with van der Waals surface area (Å²) in [6.07, 6.45) is 0.874. The number of carbonyl (C=O) groups is 1. The van der Waals surface area contributed by atoms with Crippen molar-refractivity contribution in [3.8, 4) is 0 Å². The highest BCUT2D eigenvalue weighted by Gasteiger charge is 2.25. The number of aliphatic hydroxyl groups excluding tert-OH is 1. The number of nitrogens with one attached hydrogen (secondary N) is 1. The molecular formula is C13H17BrN2O2. The Morgan fingerprint density at radius 2 is 2.39 bits per heavy atom. The normalized spacial score (nSPS) is 19.1. The number of hydrogen-bond donors (Lipinski definition) is 2. The number of aryl methyl sites for hydroxylation is 1. The molecule has 2 amide bonds. The average molecular weight is 313 g/mol. The lowest BCUT2D eigenvalue weighted by atomic mass is 10.1. The maximum Gasteiger partial charge on any atom is 0.321 e. The molecule has 4 nitrogen and oxygen atoms in total. The Kier molecular flexibility index (Phi) is 4.24. The topological polar surface area (TPSA) is 52.6 Å². The largest absolute Gasteiger partial charge is 0.396 e. The molecule has 18 heavy (non-hydrogen) atoms. The smallest absolute Gasteiger partial charge is 0.321 e. The van der Waals surface area contributed by atoms with Crippen molar-refractivity contribution in [3.63, 3.8) is 0 Å². The van der Waals surface area contributed by atoms with E-state index in [1.54, 1.807) is 4.90 Å². The molecule has 2 N–H and O–H groups in total. The van der Waals surface area contributed by atoms with Gasteiger partial charge in [-0.1, -0.05) is 6.07 Å². The van der Waals surface area contributed by atoms with Crippen LogP contribution in [0.2, 0.25) is 0 Å². The van der Waals surface area contributed by atoms with Crippen LogP contribution in [-0.4, -0.2) is 35.7 Å². The van der Waals surface area contributed by atoms with Crippen LogP contribution in [0.15, 0.2) is 22.7 Å². The van der Waals surface area contributed by atoms with E-state index in [9.17, 15) is 4.79 Å². The van der Waals surface area contributed by atoms with Crippen LogP contribution in [0.3, 0.4) is 0 Å². The first-order valence-corrected chi connectivity index (χ1v) is 6.82. The number of rotatable bonds is 2. The van der Waals surface area contributed by atoms with Gasteiger partial charge in [-0.3, -0.25) is 0 Å². The van der Waals surface area contributed by atoms with Gasteiger partial charge in [0.2, 0.25) is 0 Å². The summed E-state index contributed by atoms with van der Waals surface area (Å²) in [4.78, 5) is 13.8. The van der Waals surface area contributed by atoms with Crippen molar-refractivity contribution in [1.29, 1.82) is 0 Å². The number of amides is 2. The first kappa shape index (κ1) is 13.4. The van der Waals surface area contributed by atoms with E-state index in [0.29, 0.717) is 13.1 Å². The van der Waals surface area contributed by atoms with Gasteiger partial charge >= 0.3 is 6.03 Å². The van der Waals surface area contributed by atoms with Crippen molar-refractivity contribution in [1.82, 2.24) is 4.90 Å². The molecule has 1 heterocycles. The minimum Gasteiger partial charge on any atom is -0.396 e. The van der Waals surface area contributed by atoms with Crippen LogP contribution in [0.5, 0.6) is 0 Å². The van der Waals surface area contributed by atoms with Gasteiger partial charge in [0.15, 0.2) is 0 Å². The molecule has 0 radical (unpaired) electrons. The third kappa shape index (κ3) is 3.03. The second-order valence-corrected chi connectivity index (χ2v) is 5.55. The van der Waals surface area contributed by atoms with Gasteiger partial charge in [0.1, 0.15) is 0 Å². The third-order valence-electron chi connectivity index (χ3n) is 3.20. The summed E-state index contributed by atoms with van der Waals surface area (Å²) in [5.74, 6) is 0.220. The van der Waals surface area contributed by atoms with Crippen LogP contribution >= 0.6 is 15.9 Å². The number of urea groups is 1. The van der Waals surface area contributed by atoms with Gasteiger partial charge in [-0.25, -0.2) is 4.79 Å². The summed E-state index contributed by atoms with van der Waals surface area (Å²) < 4.78 is 0.883. The Labute approximate surface area is 115 Å². The highest BCUT2D eigenvalue weighted by Crippen LogP contribution is 2.24. The molecular weight excluding hydrogens is 296 g/mol. The van der Waals surface area contributed by atoms with Gasteiger partial charge in [-0.15, -0.1) is 0 Å². The lowest BCUT2D eigenvalue weighted by molar-refractivity contribution is 0.208. The molecule has 1 unspecified atom stereocenters. The lowest BCUT2D eigenvalue weighted by Crippen LogP contribution is -2.33. The molecule has 2 rings (SSSR count). The highest BCUT2D eigenvalue weighted by molar-refractivity contribution is 9.10. The van der Waals surface area contributed by atoms with Crippen molar-refractivity contribution in [3.05, 3.63) is 28.2 Å². The van der Waals surface area contributed by atoms with Gasteiger partial charge in [0, 0.05) is 30.1 Å². The molecule has 0 aliphatic carbocycles. The van der Waals surface area contributed by atoms with Crippen LogP contribution in [0, 0.1) is 12.8 Å². The number of hydrogen-bond acceptors (Lipinski definition) is 2.